The smallest absolute Gasteiger partial charge is 0.321 e. The Hall–Kier alpha value is -1.30. The third kappa shape index (κ3) is 3.62. The maximum atomic E-state index is 12.0. The number of hydrogen-bond acceptors (Lipinski definition) is 6. The van der Waals surface area contributed by atoms with E-state index in [-0.39, 0.29) is 19.8 Å². The van der Waals surface area contributed by atoms with Gasteiger partial charge < -0.3 is 14.2 Å². The maximum Gasteiger partial charge on any atom is 0.321 e. The summed E-state index contributed by atoms with van der Waals surface area (Å²) in [6, 6.07) is 0. The molecule has 1 aliphatic heterocycles. The fourth-order valence-corrected chi connectivity index (χ4v) is 2.44. The third-order valence-electron chi connectivity index (χ3n) is 3.18. The summed E-state index contributed by atoms with van der Waals surface area (Å²) in [5, 5.41) is -0.419. The predicted molar refractivity (Wildman–Crippen MR) is 70.0 cm³/mol. The molecule has 3 atom stereocenters. The van der Waals surface area contributed by atoms with Crippen molar-refractivity contribution in [2.45, 2.75) is 26.1 Å². The molecule has 1 saturated heterocycles. The van der Waals surface area contributed by atoms with Crippen LogP contribution in [0.1, 0.15) is 20.8 Å². The van der Waals surface area contributed by atoms with Gasteiger partial charge in [0.25, 0.3) is 0 Å². The molecular formula is C13H19ClO6. The van der Waals surface area contributed by atoms with Gasteiger partial charge in [0.05, 0.1) is 25.7 Å². The van der Waals surface area contributed by atoms with E-state index in [2.05, 4.69) is 0 Å². The zero-order valence-corrected chi connectivity index (χ0v) is 12.5. The number of rotatable bonds is 6. The molecule has 1 rings (SSSR count). The number of carbonyl (C=O) groups is 3. The molecular weight excluding hydrogens is 288 g/mol. The lowest BCUT2D eigenvalue weighted by Gasteiger charge is -2.23. The van der Waals surface area contributed by atoms with Gasteiger partial charge in [0.2, 0.25) is 0 Å². The van der Waals surface area contributed by atoms with Crippen LogP contribution in [0.2, 0.25) is 0 Å². The Balaban J connectivity index is 3.04. The van der Waals surface area contributed by atoms with E-state index in [4.69, 9.17) is 25.8 Å². The molecule has 0 aromatic carbocycles. The standard InChI is InChI=1S/C13H19ClO6/c1-4-18-12(16)10(13(17)19-5-2)9-8(7(3)14)6-20-11(9)15/h7-10H,4-6H2,1-3H3/t7-,8+,9-/m1/s1. The highest BCUT2D eigenvalue weighted by atomic mass is 35.5. The van der Waals surface area contributed by atoms with Gasteiger partial charge in [-0.3, -0.25) is 14.4 Å². The Kier molecular flexibility index (Phi) is 6.26. The highest BCUT2D eigenvalue weighted by Crippen LogP contribution is 2.35. The maximum absolute atomic E-state index is 12.0. The molecule has 0 aromatic heterocycles. The molecule has 0 saturated carbocycles. The summed E-state index contributed by atoms with van der Waals surface area (Å²) < 4.78 is 14.7. The molecule has 0 aliphatic carbocycles. The first kappa shape index (κ1) is 16.8. The van der Waals surface area contributed by atoms with E-state index < -0.39 is 41.0 Å². The molecule has 114 valence electrons. The molecule has 0 spiro atoms. The molecule has 6 nitrogen and oxygen atoms in total. The molecule has 0 aromatic rings. The van der Waals surface area contributed by atoms with E-state index in [1.165, 1.54) is 0 Å². The van der Waals surface area contributed by atoms with Crippen LogP contribution < -0.4 is 0 Å². The van der Waals surface area contributed by atoms with Crippen molar-refractivity contribution in [1.29, 1.82) is 0 Å². The van der Waals surface area contributed by atoms with Crippen molar-refractivity contribution >= 4 is 29.5 Å². The highest BCUT2D eigenvalue weighted by Gasteiger charge is 2.51. The summed E-state index contributed by atoms with van der Waals surface area (Å²) in [5.74, 6) is -4.89. The van der Waals surface area contributed by atoms with Crippen LogP contribution in [0.15, 0.2) is 0 Å². The van der Waals surface area contributed by atoms with Crippen LogP contribution >= 0.6 is 11.6 Å². The molecule has 0 bridgehead atoms. The summed E-state index contributed by atoms with van der Waals surface area (Å²) in [5.41, 5.74) is 0. The lowest BCUT2D eigenvalue weighted by Crippen LogP contribution is -2.41. The lowest BCUT2D eigenvalue weighted by molar-refractivity contribution is -0.168. The van der Waals surface area contributed by atoms with Gasteiger partial charge in [0.1, 0.15) is 0 Å². The van der Waals surface area contributed by atoms with Gasteiger partial charge in [-0.05, 0) is 20.8 Å². The Morgan fingerprint density at radius 1 is 1.30 bits per heavy atom. The van der Waals surface area contributed by atoms with Crippen LogP contribution in [-0.2, 0) is 28.6 Å². The van der Waals surface area contributed by atoms with Gasteiger partial charge in [-0.2, -0.15) is 0 Å². The number of hydrogen-bond donors (Lipinski definition) is 0. The van der Waals surface area contributed by atoms with Gasteiger partial charge >= 0.3 is 17.9 Å². The number of cyclic esters (lactones) is 1. The number of carbonyl (C=O) groups excluding carboxylic acids is 3. The molecule has 20 heavy (non-hydrogen) atoms. The molecule has 1 aliphatic rings. The van der Waals surface area contributed by atoms with Gasteiger partial charge in [0, 0.05) is 11.3 Å². The first-order valence-corrected chi connectivity index (χ1v) is 7.01. The second-order valence-corrected chi connectivity index (χ2v) is 5.17. The van der Waals surface area contributed by atoms with Crippen molar-refractivity contribution in [1.82, 2.24) is 0 Å². The second-order valence-electron chi connectivity index (χ2n) is 4.48. The van der Waals surface area contributed by atoms with E-state index in [1.54, 1.807) is 20.8 Å². The van der Waals surface area contributed by atoms with E-state index in [9.17, 15) is 14.4 Å². The van der Waals surface area contributed by atoms with Gasteiger partial charge in [-0.25, -0.2) is 0 Å². The minimum atomic E-state index is -1.32. The average molecular weight is 307 g/mol. The first-order chi connectivity index (χ1) is 9.43. The molecule has 1 fully saturated rings. The fraction of sp³-hybridized carbons (Fsp3) is 0.769. The van der Waals surface area contributed by atoms with Crippen molar-refractivity contribution in [3.05, 3.63) is 0 Å². The van der Waals surface area contributed by atoms with Crippen LogP contribution in [0.3, 0.4) is 0 Å². The zero-order chi connectivity index (χ0) is 15.3. The third-order valence-corrected chi connectivity index (χ3v) is 3.51. The van der Waals surface area contributed by atoms with E-state index in [1.807, 2.05) is 0 Å². The van der Waals surface area contributed by atoms with E-state index >= 15 is 0 Å². The lowest BCUT2D eigenvalue weighted by atomic mass is 9.81. The Morgan fingerprint density at radius 3 is 2.20 bits per heavy atom. The zero-order valence-electron chi connectivity index (χ0n) is 11.8. The van der Waals surface area contributed by atoms with Crippen molar-refractivity contribution in [2.24, 2.45) is 17.8 Å². The van der Waals surface area contributed by atoms with Gasteiger partial charge in [-0.1, -0.05) is 0 Å². The normalized spacial score (nSPS) is 23.4. The molecule has 0 amide bonds. The van der Waals surface area contributed by atoms with Crippen molar-refractivity contribution < 1.29 is 28.6 Å². The Morgan fingerprint density at radius 2 is 1.80 bits per heavy atom. The van der Waals surface area contributed by atoms with Crippen LogP contribution in [0.4, 0.5) is 0 Å². The molecule has 0 radical (unpaired) electrons. The average Bonchev–Trinajstić information content (AvgIpc) is 2.73. The topological polar surface area (TPSA) is 78.9 Å². The SMILES string of the molecule is CCOC(=O)C(C(=O)OCC)[C@@H]1C(=O)OC[C@H]1[C@@H](C)Cl. The summed E-state index contributed by atoms with van der Waals surface area (Å²) in [4.78, 5) is 35.8. The number of esters is 3. The minimum absolute atomic E-state index is 0.0868. The summed E-state index contributed by atoms with van der Waals surface area (Å²) in [7, 11) is 0. The van der Waals surface area contributed by atoms with Crippen molar-refractivity contribution in [2.75, 3.05) is 19.8 Å². The predicted octanol–water partition coefficient (Wildman–Crippen LogP) is 1.15. The van der Waals surface area contributed by atoms with Crippen molar-refractivity contribution in [3.63, 3.8) is 0 Å². The molecule has 7 heteroatoms. The van der Waals surface area contributed by atoms with Crippen LogP contribution in [-0.4, -0.2) is 43.1 Å². The molecule has 0 unspecified atom stereocenters. The number of alkyl halides is 1. The monoisotopic (exact) mass is 306 g/mol. The van der Waals surface area contributed by atoms with E-state index in [0.717, 1.165) is 0 Å². The number of halogens is 1. The quantitative estimate of drug-likeness (QED) is 0.317. The van der Waals surface area contributed by atoms with Crippen LogP contribution in [0.5, 0.6) is 0 Å². The first-order valence-electron chi connectivity index (χ1n) is 6.57. The fourth-order valence-electron chi connectivity index (χ4n) is 2.21. The molecule has 1 heterocycles. The summed E-state index contributed by atoms with van der Waals surface area (Å²) in [6.07, 6.45) is 0. The summed E-state index contributed by atoms with van der Waals surface area (Å²) in [6.45, 7) is 5.23. The Bertz CT molecular complexity index is 363. The van der Waals surface area contributed by atoms with Crippen molar-refractivity contribution in [3.8, 4) is 0 Å². The van der Waals surface area contributed by atoms with Crippen LogP contribution in [0.25, 0.3) is 0 Å². The highest BCUT2D eigenvalue weighted by molar-refractivity contribution is 6.20. The summed E-state index contributed by atoms with van der Waals surface area (Å²) >= 11 is 6.02. The molecule has 0 N–H and O–H groups in total. The van der Waals surface area contributed by atoms with Gasteiger partial charge in [-0.15, -0.1) is 11.6 Å². The second kappa shape index (κ2) is 7.47. The van der Waals surface area contributed by atoms with Crippen LogP contribution in [0, 0.1) is 17.8 Å². The van der Waals surface area contributed by atoms with E-state index in [0.29, 0.717) is 0 Å². The number of ether oxygens (including phenoxy) is 3. The minimum Gasteiger partial charge on any atom is -0.465 e. The van der Waals surface area contributed by atoms with Gasteiger partial charge in [0.15, 0.2) is 5.92 Å². The Labute approximate surface area is 122 Å². The largest absolute Gasteiger partial charge is 0.465 e.